The van der Waals surface area contributed by atoms with Gasteiger partial charge in [-0.2, -0.15) is 0 Å². The van der Waals surface area contributed by atoms with Gasteiger partial charge in [0.2, 0.25) is 0 Å². The van der Waals surface area contributed by atoms with Crippen molar-refractivity contribution in [2.24, 2.45) is 5.92 Å². The molecule has 0 saturated carbocycles. The number of imide groups is 1. The summed E-state index contributed by atoms with van der Waals surface area (Å²) in [5.74, 6) is -2.50. The topological polar surface area (TPSA) is 102 Å². The minimum Gasteiger partial charge on any atom is -0.442 e. The molecule has 1 atom stereocenters. The normalized spacial score (nSPS) is 14.9. The Morgan fingerprint density at radius 1 is 1.04 bits per heavy atom. The number of nitrogens with zero attached hydrogens (tertiary/aromatic N) is 1. The Morgan fingerprint density at radius 3 is 1.96 bits per heavy atom. The third-order valence-corrected chi connectivity index (χ3v) is 3.61. The lowest BCUT2D eigenvalue weighted by Gasteiger charge is -2.27. The summed E-state index contributed by atoms with van der Waals surface area (Å²) < 4.78 is 4.97. The fraction of sp³-hybridized carbons (Fsp3) is 0.444. The minimum absolute atomic E-state index is 0.232. The van der Waals surface area contributed by atoms with Crippen molar-refractivity contribution in [2.45, 2.75) is 46.3 Å². The van der Waals surface area contributed by atoms with Crippen LogP contribution < -0.4 is 5.48 Å². The van der Waals surface area contributed by atoms with Crippen LogP contribution in [0.5, 0.6) is 0 Å². The molecule has 26 heavy (non-hydrogen) atoms. The molecule has 0 bridgehead atoms. The summed E-state index contributed by atoms with van der Waals surface area (Å²) in [7, 11) is 0. The smallest absolute Gasteiger partial charge is 0.441 e. The van der Waals surface area contributed by atoms with Crippen LogP contribution in [0.2, 0.25) is 0 Å². The van der Waals surface area contributed by atoms with Gasteiger partial charge in [0.05, 0.1) is 11.1 Å². The molecule has 1 aliphatic rings. The molecular formula is C18H22N2O6. The SMILES string of the molecule is CC(C)[C@@H](C(=O)ONC(=O)OC(C)(C)C)N1C(=O)c2ccccc2C1=O. The number of nitrogens with one attached hydrogen (secondary N) is 1. The van der Waals surface area contributed by atoms with Crippen LogP contribution in [0, 0.1) is 5.92 Å². The predicted octanol–water partition coefficient (Wildman–Crippen LogP) is 2.29. The molecule has 0 spiro atoms. The zero-order valence-electron chi connectivity index (χ0n) is 15.4. The molecule has 1 N–H and O–H groups in total. The van der Waals surface area contributed by atoms with E-state index in [-0.39, 0.29) is 11.1 Å². The van der Waals surface area contributed by atoms with Crippen molar-refractivity contribution >= 4 is 23.9 Å². The summed E-state index contributed by atoms with van der Waals surface area (Å²) in [6.07, 6.45) is -0.948. The molecule has 0 aromatic heterocycles. The maximum absolute atomic E-state index is 12.6. The Morgan fingerprint density at radius 2 is 1.54 bits per heavy atom. The van der Waals surface area contributed by atoms with Gasteiger partial charge in [0, 0.05) is 0 Å². The van der Waals surface area contributed by atoms with Crippen LogP contribution in [0.25, 0.3) is 0 Å². The van der Waals surface area contributed by atoms with E-state index in [4.69, 9.17) is 9.57 Å². The number of hydrogen-bond acceptors (Lipinski definition) is 6. The first-order valence-electron chi connectivity index (χ1n) is 8.19. The second-order valence-electron chi connectivity index (χ2n) is 7.24. The van der Waals surface area contributed by atoms with Crippen molar-refractivity contribution in [2.75, 3.05) is 0 Å². The number of rotatable bonds is 3. The second kappa shape index (κ2) is 7.15. The summed E-state index contributed by atoms with van der Waals surface area (Å²) in [6, 6.07) is 5.15. The van der Waals surface area contributed by atoms with E-state index in [1.54, 1.807) is 46.8 Å². The third kappa shape index (κ3) is 4.01. The molecule has 0 aliphatic carbocycles. The van der Waals surface area contributed by atoms with Crippen LogP contribution in [0.4, 0.5) is 4.79 Å². The average molecular weight is 362 g/mol. The summed E-state index contributed by atoms with van der Waals surface area (Å²) in [6.45, 7) is 8.31. The maximum Gasteiger partial charge on any atom is 0.441 e. The largest absolute Gasteiger partial charge is 0.442 e. The first kappa shape index (κ1) is 19.4. The Balaban J connectivity index is 2.15. The molecule has 8 nitrogen and oxygen atoms in total. The van der Waals surface area contributed by atoms with Crippen molar-refractivity contribution in [3.8, 4) is 0 Å². The van der Waals surface area contributed by atoms with Gasteiger partial charge in [-0.05, 0) is 38.8 Å². The van der Waals surface area contributed by atoms with Gasteiger partial charge in [0.1, 0.15) is 11.6 Å². The van der Waals surface area contributed by atoms with E-state index in [1.165, 1.54) is 12.1 Å². The fourth-order valence-electron chi connectivity index (χ4n) is 2.59. The van der Waals surface area contributed by atoms with E-state index >= 15 is 0 Å². The molecule has 1 aliphatic heterocycles. The molecule has 1 heterocycles. The van der Waals surface area contributed by atoms with Gasteiger partial charge >= 0.3 is 12.1 Å². The van der Waals surface area contributed by atoms with Crippen molar-refractivity contribution in [3.05, 3.63) is 35.4 Å². The summed E-state index contributed by atoms with van der Waals surface area (Å²) in [5.41, 5.74) is 1.59. The number of hydrogen-bond donors (Lipinski definition) is 1. The van der Waals surface area contributed by atoms with Gasteiger partial charge < -0.3 is 9.57 Å². The molecule has 8 heteroatoms. The number of carbonyl (C=O) groups is 4. The fourth-order valence-corrected chi connectivity index (χ4v) is 2.59. The van der Waals surface area contributed by atoms with E-state index in [1.807, 2.05) is 5.48 Å². The molecule has 140 valence electrons. The van der Waals surface area contributed by atoms with Gasteiger partial charge in [-0.25, -0.2) is 9.59 Å². The maximum atomic E-state index is 12.6. The summed E-state index contributed by atoms with van der Waals surface area (Å²) in [4.78, 5) is 54.8. The predicted molar refractivity (Wildman–Crippen MR) is 91.0 cm³/mol. The van der Waals surface area contributed by atoms with E-state index in [9.17, 15) is 19.2 Å². The molecule has 1 aromatic rings. The Labute approximate surface area is 151 Å². The van der Waals surface area contributed by atoms with Crippen molar-refractivity contribution in [1.29, 1.82) is 0 Å². The molecule has 3 amide bonds. The second-order valence-corrected chi connectivity index (χ2v) is 7.24. The summed E-state index contributed by atoms with van der Waals surface area (Å²) >= 11 is 0. The first-order chi connectivity index (χ1) is 12.0. The Kier molecular flexibility index (Phi) is 5.34. The van der Waals surface area contributed by atoms with E-state index in [2.05, 4.69) is 0 Å². The van der Waals surface area contributed by atoms with E-state index < -0.39 is 41.4 Å². The molecule has 1 aromatic carbocycles. The highest BCUT2D eigenvalue weighted by Crippen LogP contribution is 2.27. The standard InChI is InChI=1S/C18H22N2O6/c1-10(2)13(16(23)26-19-17(24)25-18(3,4)5)20-14(21)11-8-6-7-9-12(11)15(20)22/h6-10,13H,1-5H3,(H,19,24)/t13-/m0/s1. The number of ether oxygens (including phenoxy) is 1. The van der Waals surface area contributed by atoms with Crippen molar-refractivity contribution < 1.29 is 28.8 Å². The van der Waals surface area contributed by atoms with Crippen molar-refractivity contribution in [1.82, 2.24) is 10.4 Å². The van der Waals surface area contributed by atoms with Gasteiger partial charge in [-0.1, -0.05) is 26.0 Å². The zero-order valence-corrected chi connectivity index (χ0v) is 15.4. The van der Waals surface area contributed by atoms with Crippen LogP contribution >= 0.6 is 0 Å². The number of fused-ring (bicyclic) bond motifs is 1. The van der Waals surface area contributed by atoms with Crippen LogP contribution in [0.15, 0.2) is 24.3 Å². The van der Waals surface area contributed by atoms with Gasteiger partial charge in [0.25, 0.3) is 11.8 Å². The third-order valence-electron chi connectivity index (χ3n) is 3.61. The quantitative estimate of drug-likeness (QED) is 0.654. The molecule has 0 fully saturated rings. The first-order valence-corrected chi connectivity index (χ1v) is 8.19. The lowest BCUT2D eigenvalue weighted by atomic mass is 10.0. The van der Waals surface area contributed by atoms with Gasteiger partial charge in [-0.3, -0.25) is 14.5 Å². The molecule has 0 unspecified atom stereocenters. The summed E-state index contributed by atoms with van der Waals surface area (Å²) in [5, 5.41) is 0. The van der Waals surface area contributed by atoms with Gasteiger partial charge in [-0.15, -0.1) is 5.48 Å². The highest BCUT2D eigenvalue weighted by molar-refractivity contribution is 6.22. The number of benzene rings is 1. The zero-order chi connectivity index (χ0) is 19.6. The molecule has 2 rings (SSSR count). The Bertz CT molecular complexity index is 715. The number of amides is 3. The average Bonchev–Trinajstić information content (AvgIpc) is 2.77. The van der Waals surface area contributed by atoms with E-state index in [0.717, 1.165) is 4.90 Å². The Hall–Kier alpha value is -2.90. The monoisotopic (exact) mass is 362 g/mol. The van der Waals surface area contributed by atoms with Crippen LogP contribution in [0.3, 0.4) is 0 Å². The minimum atomic E-state index is -1.18. The number of hydroxylamine groups is 1. The molecular weight excluding hydrogens is 340 g/mol. The van der Waals surface area contributed by atoms with Crippen LogP contribution in [-0.2, 0) is 14.4 Å². The van der Waals surface area contributed by atoms with Crippen LogP contribution in [-0.4, -0.2) is 40.4 Å². The van der Waals surface area contributed by atoms with Gasteiger partial charge in [0.15, 0.2) is 0 Å². The highest BCUT2D eigenvalue weighted by Gasteiger charge is 2.45. The lowest BCUT2D eigenvalue weighted by Crippen LogP contribution is -2.50. The lowest BCUT2D eigenvalue weighted by molar-refractivity contribution is -0.156. The molecule has 0 radical (unpaired) electrons. The van der Waals surface area contributed by atoms with Crippen molar-refractivity contribution in [3.63, 3.8) is 0 Å². The number of carbonyl (C=O) groups excluding carboxylic acids is 4. The van der Waals surface area contributed by atoms with E-state index in [0.29, 0.717) is 0 Å². The van der Waals surface area contributed by atoms with Crippen LogP contribution in [0.1, 0.15) is 55.3 Å². The highest BCUT2D eigenvalue weighted by atomic mass is 16.7. The molecule has 0 saturated heterocycles.